The van der Waals surface area contributed by atoms with Crippen molar-refractivity contribution >= 4 is 11.7 Å². The van der Waals surface area contributed by atoms with Crippen molar-refractivity contribution in [3.63, 3.8) is 0 Å². The zero-order chi connectivity index (χ0) is 11.6. The number of anilines is 1. The molecular weight excluding hydrogens is 194 g/mol. The number of carbonyl (C=O) groups is 1. The van der Waals surface area contributed by atoms with E-state index in [4.69, 9.17) is 15.2 Å². The minimum absolute atomic E-state index is 0.366. The predicted molar refractivity (Wildman–Crippen MR) is 58.2 cm³/mol. The summed E-state index contributed by atoms with van der Waals surface area (Å²) in [6.45, 7) is 5.10. The van der Waals surface area contributed by atoms with Gasteiger partial charge in [0.05, 0.1) is 7.11 Å². The van der Waals surface area contributed by atoms with Gasteiger partial charge >= 0.3 is 5.97 Å². The quantitative estimate of drug-likeness (QED) is 0.458. The number of ether oxygens (including phenoxy) is 2. The van der Waals surface area contributed by atoms with Crippen LogP contribution in [0.15, 0.2) is 6.07 Å². The minimum atomic E-state index is -0.393. The highest BCUT2D eigenvalue weighted by Gasteiger charge is 2.14. The molecule has 0 aliphatic rings. The molecule has 0 saturated heterocycles. The monoisotopic (exact) mass is 209 g/mol. The molecule has 4 nitrogen and oxygen atoms in total. The molecule has 0 saturated carbocycles. The van der Waals surface area contributed by atoms with Crippen LogP contribution in [0.2, 0.25) is 0 Å². The summed E-state index contributed by atoms with van der Waals surface area (Å²) in [6, 6.07) is 1.60. The van der Waals surface area contributed by atoms with Gasteiger partial charge in [0.2, 0.25) is 0 Å². The van der Waals surface area contributed by atoms with Crippen molar-refractivity contribution in [1.29, 1.82) is 0 Å². The third-order valence-electron chi connectivity index (χ3n) is 2.30. The van der Waals surface area contributed by atoms with Crippen LogP contribution in [0.3, 0.4) is 0 Å². The van der Waals surface area contributed by atoms with Crippen molar-refractivity contribution in [1.82, 2.24) is 0 Å². The Kier molecular flexibility index (Phi) is 3.19. The number of esters is 1. The fourth-order valence-electron chi connectivity index (χ4n) is 1.37. The standard InChI is InChI=1S/C11H15NO3/c1-6-7(2)11(14-4)10(5-9(6)12)15-8(3)13/h5H,12H2,1-4H3. The smallest absolute Gasteiger partial charge is 0.308 e. The molecule has 15 heavy (non-hydrogen) atoms. The molecular formula is C11H15NO3. The third kappa shape index (κ3) is 2.21. The number of carbonyl (C=O) groups excluding carboxylic acids is 1. The first-order valence-corrected chi connectivity index (χ1v) is 4.59. The average Bonchev–Trinajstić information content (AvgIpc) is 2.14. The molecule has 0 aliphatic heterocycles. The second kappa shape index (κ2) is 4.21. The predicted octanol–water partition coefficient (Wildman–Crippen LogP) is 1.82. The number of methoxy groups -OCH3 is 1. The van der Waals surface area contributed by atoms with E-state index in [1.54, 1.807) is 6.07 Å². The Bertz CT molecular complexity index is 399. The minimum Gasteiger partial charge on any atom is -0.493 e. The first-order valence-electron chi connectivity index (χ1n) is 4.59. The number of rotatable bonds is 2. The lowest BCUT2D eigenvalue weighted by Gasteiger charge is -2.14. The van der Waals surface area contributed by atoms with Crippen LogP contribution in [0.25, 0.3) is 0 Å². The normalized spacial score (nSPS) is 9.87. The molecule has 0 bridgehead atoms. The summed E-state index contributed by atoms with van der Waals surface area (Å²) in [4.78, 5) is 10.9. The Morgan fingerprint density at radius 1 is 1.33 bits per heavy atom. The molecule has 1 aromatic carbocycles. The third-order valence-corrected chi connectivity index (χ3v) is 2.30. The number of hydrogen-bond donors (Lipinski definition) is 1. The maximum absolute atomic E-state index is 10.9. The largest absolute Gasteiger partial charge is 0.493 e. The summed E-state index contributed by atoms with van der Waals surface area (Å²) in [5, 5.41) is 0. The van der Waals surface area contributed by atoms with Gasteiger partial charge in [0.1, 0.15) is 0 Å². The molecule has 0 aromatic heterocycles. The molecule has 0 radical (unpaired) electrons. The Morgan fingerprint density at radius 3 is 2.40 bits per heavy atom. The van der Waals surface area contributed by atoms with Gasteiger partial charge in [-0.05, 0) is 25.0 Å². The molecule has 0 heterocycles. The van der Waals surface area contributed by atoms with E-state index in [-0.39, 0.29) is 0 Å². The van der Waals surface area contributed by atoms with E-state index >= 15 is 0 Å². The van der Waals surface area contributed by atoms with Crippen molar-refractivity contribution in [2.24, 2.45) is 0 Å². The zero-order valence-electron chi connectivity index (χ0n) is 9.38. The maximum Gasteiger partial charge on any atom is 0.308 e. The van der Waals surface area contributed by atoms with E-state index in [2.05, 4.69) is 0 Å². The molecule has 0 atom stereocenters. The molecule has 0 spiro atoms. The fourth-order valence-corrected chi connectivity index (χ4v) is 1.37. The number of benzene rings is 1. The number of nitrogen functional groups attached to an aromatic ring is 1. The summed E-state index contributed by atoms with van der Waals surface area (Å²) < 4.78 is 10.2. The summed E-state index contributed by atoms with van der Waals surface area (Å²) >= 11 is 0. The second-order valence-electron chi connectivity index (χ2n) is 3.34. The highest BCUT2D eigenvalue weighted by Crippen LogP contribution is 2.36. The van der Waals surface area contributed by atoms with Crippen LogP contribution in [0.5, 0.6) is 11.5 Å². The lowest BCUT2D eigenvalue weighted by Crippen LogP contribution is -2.06. The van der Waals surface area contributed by atoms with E-state index in [1.165, 1.54) is 14.0 Å². The van der Waals surface area contributed by atoms with E-state index in [9.17, 15) is 4.79 Å². The Hall–Kier alpha value is -1.71. The van der Waals surface area contributed by atoms with Crippen molar-refractivity contribution < 1.29 is 14.3 Å². The van der Waals surface area contributed by atoms with Gasteiger partial charge in [-0.1, -0.05) is 0 Å². The van der Waals surface area contributed by atoms with E-state index < -0.39 is 5.97 Å². The molecule has 0 fully saturated rings. The lowest BCUT2D eigenvalue weighted by atomic mass is 10.1. The lowest BCUT2D eigenvalue weighted by molar-refractivity contribution is -0.132. The van der Waals surface area contributed by atoms with Crippen LogP contribution >= 0.6 is 0 Å². The van der Waals surface area contributed by atoms with E-state index in [0.717, 1.165) is 11.1 Å². The van der Waals surface area contributed by atoms with Crippen LogP contribution < -0.4 is 15.2 Å². The summed E-state index contributed by atoms with van der Waals surface area (Å²) in [7, 11) is 1.53. The Balaban J connectivity index is 3.31. The van der Waals surface area contributed by atoms with Crippen molar-refractivity contribution in [3.8, 4) is 11.5 Å². The van der Waals surface area contributed by atoms with Crippen LogP contribution in [0.1, 0.15) is 18.1 Å². The van der Waals surface area contributed by atoms with Gasteiger partial charge in [-0.3, -0.25) is 4.79 Å². The van der Waals surface area contributed by atoms with Crippen molar-refractivity contribution in [2.45, 2.75) is 20.8 Å². The van der Waals surface area contributed by atoms with Gasteiger partial charge in [0, 0.05) is 18.7 Å². The van der Waals surface area contributed by atoms with Crippen LogP contribution in [0.4, 0.5) is 5.69 Å². The van der Waals surface area contributed by atoms with Gasteiger partial charge in [-0.25, -0.2) is 0 Å². The van der Waals surface area contributed by atoms with E-state index in [1.807, 2.05) is 13.8 Å². The molecule has 1 aromatic rings. The molecule has 0 amide bonds. The highest BCUT2D eigenvalue weighted by molar-refractivity contribution is 5.73. The first-order chi connectivity index (χ1) is 6.97. The zero-order valence-corrected chi connectivity index (χ0v) is 9.38. The van der Waals surface area contributed by atoms with E-state index in [0.29, 0.717) is 17.2 Å². The topological polar surface area (TPSA) is 61.5 Å². The van der Waals surface area contributed by atoms with Crippen LogP contribution in [-0.4, -0.2) is 13.1 Å². The fraction of sp³-hybridized carbons (Fsp3) is 0.364. The highest BCUT2D eigenvalue weighted by atomic mass is 16.6. The SMILES string of the molecule is COc1c(OC(C)=O)cc(N)c(C)c1C. The van der Waals surface area contributed by atoms with Crippen molar-refractivity contribution in [2.75, 3.05) is 12.8 Å². The van der Waals surface area contributed by atoms with Gasteiger partial charge < -0.3 is 15.2 Å². The number of hydrogen-bond acceptors (Lipinski definition) is 4. The molecule has 2 N–H and O–H groups in total. The summed E-state index contributed by atoms with van der Waals surface area (Å²) in [6.07, 6.45) is 0. The van der Waals surface area contributed by atoms with Gasteiger partial charge in [0.25, 0.3) is 0 Å². The molecule has 0 aliphatic carbocycles. The summed E-state index contributed by atoms with van der Waals surface area (Å²) in [5.74, 6) is 0.526. The van der Waals surface area contributed by atoms with Gasteiger partial charge in [-0.2, -0.15) is 0 Å². The van der Waals surface area contributed by atoms with Gasteiger partial charge in [0.15, 0.2) is 11.5 Å². The average molecular weight is 209 g/mol. The van der Waals surface area contributed by atoms with Crippen LogP contribution in [-0.2, 0) is 4.79 Å². The Labute approximate surface area is 89.0 Å². The molecule has 4 heteroatoms. The summed E-state index contributed by atoms with van der Waals surface area (Å²) in [5.41, 5.74) is 8.18. The number of nitrogens with two attached hydrogens (primary N) is 1. The second-order valence-corrected chi connectivity index (χ2v) is 3.34. The molecule has 0 unspecified atom stereocenters. The van der Waals surface area contributed by atoms with Crippen LogP contribution in [0, 0.1) is 13.8 Å². The Morgan fingerprint density at radius 2 is 1.93 bits per heavy atom. The maximum atomic E-state index is 10.9. The first kappa shape index (κ1) is 11.4. The van der Waals surface area contributed by atoms with Crippen molar-refractivity contribution in [3.05, 3.63) is 17.2 Å². The molecule has 1 rings (SSSR count). The van der Waals surface area contributed by atoms with Gasteiger partial charge in [-0.15, -0.1) is 0 Å². The molecule has 82 valence electrons.